The Balaban J connectivity index is 1.49. The summed E-state index contributed by atoms with van der Waals surface area (Å²) in [7, 11) is 0. The summed E-state index contributed by atoms with van der Waals surface area (Å²) in [4.78, 5) is 38.5. The number of carbonyl (C=O) groups is 3. The van der Waals surface area contributed by atoms with E-state index in [2.05, 4.69) is 5.32 Å². The fourth-order valence-corrected chi connectivity index (χ4v) is 3.43. The number of nitrogens with zero attached hydrogens (tertiary/aromatic N) is 1. The Bertz CT molecular complexity index is 1060. The molecule has 0 aliphatic rings. The van der Waals surface area contributed by atoms with Gasteiger partial charge < -0.3 is 15.0 Å². The summed E-state index contributed by atoms with van der Waals surface area (Å²) in [6.45, 7) is 3.11. The number of carbonyl (C=O) groups excluding carboxylic acids is 3. The Labute approximate surface area is 181 Å². The second-order valence-electron chi connectivity index (χ2n) is 7.45. The highest BCUT2D eigenvalue weighted by Crippen LogP contribution is 2.19. The number of rotatable bonds is 8. The number of ether oxygens (including phenoxy) is 1. The first-order valence-electron chi connectivity index (χ1n) is 10.2. The summed E-state index contributed by atoms with van der Waals surface area (Å²) in [5.74, 6) is -1.26. The lowest BCUT2D eigenvalue weighted by Gasteiger charge is -2.26. The molecule has 3 rings (SSSR count). The molecule has 0 heterocycles. The lowest BCUT2D eigenvalue weighted by Crippen LogP contribution is -2.40. The largest absolute Gasteiger partial charge is 0.454 e. The van der Waals surface area contributed by atoms with Crippen LogP contribution in [-0.2, 0) is 25.5 Å². The number of fused-ring (bicyclic) bond motifs is 1. The SMILES string of the molecule is CC(C)N(C(=O)COC(=O)CNC(=O)Cc1cccc2ccccc12)c1ccccc1. The van der Waals surface area contributed by atoms with Crippen molar-refractivity contribution in [3.63, 3.8) is 0 Å². The second-order valence-corrected chi connectivity index (χ2v) is 7.45. The molecule has 0 atom stereocenters. The van der Waals surface area contributed by atoms with Gasteiger partial charge in [0.1, 0.15) is 6.54 Å². The molecule has 0 radical (unpaired) electrons. The number of hydrogen-bond acceptors (Lipinski definition) is 4. The molecule has 0 saturated carbocycles. The van der Waals surface area contributed by atoms with E-state index in [1.165, 1.54) is 0 Å². The van der Waals surface area contributed by atoms with Gasteiger partial charge in [0.25, 0.3) is 5.91 Å². The maximum atomic E-state index is 12.6. The predicted octanol–water partition coefficient (Wildman–Crippen LogP) is 3.48. The molecule has 6 nitrogen and oxygen atoms in total. The summed E-state index contributed by atoms with van der Waals surface area (Å²) in [5.41, 5.74) is 1.62. The highest BCUT2D eigenvalue weighted by Gasteiger charge is 2.20. The zero-order valence-corrected chi connectivity index (χ0v) is 17.7. The van der Waals surface area contributed by atoms with Gasteiger partial charge in [-0.05, 0) is 42.3 Å². The smallest absolute Gasteiger partial charge is 0.325 e. The first kappa shape index (κ1) is 22.0. The van der Waals surface area contributed by atoms with Crippen LogP contribution in [0.5, 0.6) is 0 Å². The summed E-state index contributed by atoms with van der Waals surface area (Å²) in [6, 6.07) is 22.7. The van der Waals surface area contributed by atoms with Crippen LogP contribution < -0.4 is 10.2 Å². The average molecular weight is 418 g/mol. The quantitative estimate of drug-likeness (QED) is 0.568. The van der Waals surface area contributed by atoms with Gasteiger partial charge in [0.15, 0.2) is 6.61 Å². The van der Waals surface area contributed by atoms with Crippen LogP contribution in [0.3, 0.4) is 0 Å². The number of para-hydroxylation sites is 1. The van der Waals surface area contributed by atoms with E-state index >= 15 is 0 Å². The van der Waals surface area contributed by atoms with Crippen LogP contribution in [0.2, 0.25) is 0 Å². The lowest BCUT2D eigenvalue weighted by molar-refractivity contribution is -0.147. The molecule has 3 aromatic carbocycles. The highest BCUT2D eigenvalue weighted by molar-refractivity contribution is 5.96. The molecule has 0 saturated heterocycles. The molecule has 0 aliphatic carbocycles. The van der Waals surface area contributed by atoms with Crippen LogP contribution in [0.4, 0.5) is 5.69 Å². The number of amides is 2. The van der Waals surface area contributed by atoms with Crippen molar-refractivity contribution in [2.24, 2.45) is 0 Å². The van der Waals surface area contributed by atoms with Gasteiger partial charge in [-0.15, -0.1) is 0 Å². The summed E-state index contributed by atoms with van der Waals surface area (Å²) >= 11 is 0. The number of benzene rings is 3. The Morgan fingerprint density at radius 1 is 0.903 bits per heavy atom. The second kappa shape index (κ2) is 10.4. The molecule has 0 aliphatic heterocycles. The van der Waals surface area contributed by atoms with E-state index in [9.17, 15) is 14.4 Å². The Morgan fingerprint density at radius 3 is 2.32 bits per heavy atom. The van der Waals surface area contributed by atoms with E-state index in [-0.39, 0.29) is 37.4 Å². The number of anilines is 1. The zero-order valence-electron chi connectivity index (χ0n) is 17.7. The topological polar surface area (TPSA) is 75.7 Å². The Kier molecular flexibility index (Phi) is 7.38. The first-order chi connectivity index (χ1) is 15.0. The number of hydrogen-bond donors (Lipinski definition) is 1. The minimum atomic E-state index is -0.656. The molecule has 2 amide bonds. The molecule has 0 bridgehead atoms. The number of nitrogens with one attached hydrogen (secondary N) is 1. The summed E-state index contributed by atoms with van der Waals surface area (Å²) < 4.78 is 5.08. The monoisotopic (exact) mass is 418 g/mol. The van der Waals surface area contributed by atoms with Gasteiger partial charge in [-0.3, -0.25) is 14.4 Å². The van der Waals surface area contributed by atoms with E-state index in [4.69, 9.17) is 4.74 Å². The van der Waals surface area contributed by atoms with Crippen molar-refractivity contribution >= 4 is 34.2 Å². The molecule has 0 fully saturated rings. The van der Waals surface area contributed by atoms with Crippen molar-refractivity contribution in [3.8, 4) is 0 Å². The fraction of sp³-hybridized carbons (Fsp3) is 0.240. The van der Waals surface area contributed by atoms with Crippen LogP contribution in [0.1, 0.15) is 19.4 Å². The highest BCUT2D eigenvalue weighted by atomic mass is 16.5. The lowest BCUT2D eigenvalue weighted by atomic mass is 10.0. The molecular formula is C25H26N2O4. The standard InChI is InChI=1S/C25H26N2O4/c1-18(2)27(21-12-4-3-5-13-21)24(29)17-31-25(30)16-26-23(28)15-20-11-8-10-19-9-6-7-14-22(19)20/h3-14,18H,15-17H2,1-2H3,(H,26,28). The van der Waals surface area contributed by atoms with Crippen LogP contribution >= 0.6 is 0 Å². The molecule has 160 valence electrons. The van der Waals surface area contributed by atoms with Gasteiger partial charge in [-0.25, -0.2) is 0 Å². The fourth-order valence-electron chi connectivity index (χ4n) is 3.43. The third kappa shape index (κ3) is 5.92. The van der Waals surface area contributed by atoms with E-state index < -0.39 is 5.97 Å². The normalized spacial score (nSPS) is 10.7. The summed E-state index contributed by atoms with van der Waals surface area (Å²) in [5, 5.41) is 4.62. The van der Waals surface area contributed by atoms with Crippen molar-refractivity contribution < 1.29 is 19.1 Å². The van der Waals surface area contributed by atoms with E-state index in [1.807, 2.05) is 86.6 Å². The average Bonchev–Trinajstić information content (AvgIpc) is 2.77. The van der Waals surface area contributed by atoms with Crippen LogP contribution in [-0.4, -0.2) is 37.0 Å². The maximum Gasteiger partial charge on any atom is 0.325 e. The van der Waals surface area contributed by atoms with Gasteiger partial charge in [0, 0.05) is 11.7 Å². The first-order valence-corrected chi connectivity index (χ1v) is 10.2. The molecule has 31 heavy (non-hydrogen) atoms. The molecule has 0 spiro atoms. The molecular weight excluding hydrogens is 392 g/mol. The van der Waals surface area contributed by atoms with Crippen LogP contribution in [0, 0.1) is 0 Å². The molecule has 0 aromatic heterocycles. The third-order valence-corrected chi connectivity index (χ3v) is 4.84. The van der Waals surface area contributed by atoms with Crippen molar-refractivity contribution in [2.45, 2.75) is 26.3 Å². The Hall–Kier alpha value is -3.67. The summed E-state index contributed by atoms with van der Waals surface area (Å²) in [6.07, 6.45) is 0.155. The molecule has 1 N–H and O–H groups in total. The van der Waals surface area contributed by atoms with Crippen LogP contribution in [0.25, 0.3) is 10.8 Å². The minimum Gasteiger partial charge on any atom is -0.454 e. The van der Waals surface area contributed by atoms with Gasteiger partial charge in [0.05, 0.1) is 6.42 Å². The van der Waals surface area contributed by atoms with E-state index in [0.29, 0.717) is 0 Å². The van der Waals surface area contributed by atoms with Crippen molar-refractivity contribution in [2.75, 3.05) is 18.1 Å². The molecule has 3 aromatic rings. The molecule has 0 unspecified atom stereocenters. The van der Waals surface area contributed by atoms with Gasteiger partial charge in [-0.1, -0.05) is 60.7 Å². The maximum absolute atomic E-state index is 12.6. The van der Waals surface area contributed by atoms with Crippen LogP contribution in [0.15, 0.2) is 72.8 Å². The predicted molar refractivity (Wildman–Crippen MR) is 121 cm³/mol. The van der Waals surface area contributed by atoms with Gasteiger partial charge >= 0.3 is 5.97 Å². The van der Waals surface area contributed by atoms with Gasteiger partial charge in [0.2, 0.25) is 5.91 Å². The third-order valence-electron chi connectivity index (χ3n) is 4.84. The Morgan fingerprint density at radius 2 is 1.58 bits per heavy atom. The van der Waals surface area contributed by atoms with E-state index in [1.54, 1.807) is 4.90 Å². The van der Waals surface area contributed by atoms with Gasteiger partial charge in [-0.2, -0.15) is 0 Å². The van der Waals surface area contributed by atoms with Crippen molar-refractivity contribution in [3.05, 3.63) is 78.4 Å². The van der Waals surface area contributed by atoms with Crippen molar-refractivity contribution in [1.82, 2.24) is 5.32 Å². The van der Waals surface area contributed by atoms with Crippen molar-refractivity contribution in [1.29, 1.82) is 0 Å². The molecule has 6 heteroatoms. The minimum absolute atomic E-state index is 0.0889. The zero-order chi connectivity index (χ0) is 22.2. The number of esters is 1. The van der Waals surface area contributed by atoms with E-state index in [0.717, 1.165) is 22.0 Å².